The van der Waals surface area contributed by atoms with Gasteiger partial charge in [0.25, 0.3) is 5.56 Å². The predicted molar refractivity (Wildman–Crippen MR) is 76.5 cm³/mol. The number of hydrogen-bond acceptors (Lipinski definition) is 9. The van der Waals surface area contributed by atoms with Crippen LogP contribution in [0.25, 0.3) is 10.3 Å². The zero-order valence-electron chi connectivity index (χ0n) is 11.2. The number of hydrogen-bond donors (Lipinski definition) is 5. The molecule has 0 aromatic carbocycles. The lowest BCUT2D eigenvalue weighted by atomic mass is 9.99. The van der Waals surface area contributed by atoms with Crippen molar-refractivity contribution in [1.29, 1.82) is 0 Å². The molecule has 0 unspecified atom stereocenters. The molecule has 0 amide bonds. The van der Waals surface area contributed by atoms with Crippen molar-refractivity contribution in [3.05, 3.63) is 20.0 Å². The van der Waals surface area contributed by atoms with Gasteiger partial charge >= 0.3 is 4.87 Å². The molecule has 0 saturated carbocycles. The standard InChI is InChI=1S/C11H14N4O6S/c12-10-13-7-6(8(19)14-10)22-11(20)15(7)9-5(18)3(1-16)4(2-17)21-9/h3-5,9,16-18H,1-2H2,(H3,12,13,14,19)/t3-,4-,5-,9-/m1/s1. The largest absolute Gasteiger partial charge is 0.396 e. The fourth-order valence-electron chi connectivity index (χ4n) is 2.58. The van der Waals surface area contributed by atoms with Crippen molar-refractivity contribution >= 4 is 27.6 Å². The molecule has 6 N–H and O–H groups in total. The number of thiazole rings is 1. The summed E-state index contributed by atoms with van der Waals surface area (Å²) in [6.45, 7) is -0.846. The van der Waals surface area contributed by atoms with E-state index in [1.54, 1.807) is 0 Å². The van der Waals surface area contributed by atoms with Gasteiger partial charge in [0.2, 0.25) is 5.95 Å². The van der Waals surface area contributed by atoms with Crippen molar-refractivity contribution in [2.75, 3.05) is 18.9 Å². The Morgan fingerprint density at radius 1 is 1.36 bits per heavy atom. The summed E-state index contributed by atoms with van der Waals surface area (Å²) in [5, 5.41) is 28.8. The molecule has 0 bridgehead atoms. The lowest BCUT2D eigenvalue weighted by Crippen LogP contribution is -2.32. The van der Waals surface area contributed by atoms with E-state index in [9.17, 15) is 24.9 Å². The van der Waals surface area contributed by atoms with Gasteiger partial charge in [0.05, 0.1) is 19.3 Å². The molecule has 2 aromatic rings. The molecule has 3 heterocycles. The van der Waals surface area contributed by atoms with E-state index in [2.05, 4.69) is 9.97 Å². The van der Waals surface area contributed by atoms with Gasteiger partial charge in [0, 0.05) is 5.92 Å². The Morgan fingerprint density at radius 2 is 2.09 bits per heavy atom. The molecule has 22 heavy (non-hydrogen) atoms. The number of aromatic nitrogens is 3. The summed E-state index contributed by atoms with van der Waals surface area (Å²) in [4.78, 5) is 29.6. The van der Waals surface area contributed by atoms with Crippen LogP contribution in [0.3, 0.4) is 0 Å². The van der Waals surface area contributed by atoms with E-state index in [1.165, 1.54) is 0 Å². The number of rotatable bonds is 3. The highest BCUT2D eigenvalue weighted by atomic mass is 32.1. The zero-order chi connectivity index (χ0) is 16.0. The van der Waals surface area contributed by atoms with Crippen molar-refractivity contribution in [1.82, 2.24) is 14.5 Å². The van der Waals surface area contributed by atoms with Crippen molar-refractivity contribution in [2.45, 2.75) is 18.4 Å². The van der Waals surface area contributed by atoms with Crippen molar-refractivity contribution < 1.29 is 20.1 Å². The number of H-pyrrole nitrogens is 1. The van der Waals surface area contributed by atoms with E-state index in [4.69, 9.17) is 10.5 Å². The number of fused-ring (bicyclic) bond motifs is 1. The van der Waals surface area contributed by atoms with Crippen LogP contribution in [0.1, 0.15) is 6.23 Å². The van der Waals surface area contributed by atoms with Gasteiger partial charge in [-0.3, -0.25) is 19.1 Å². The number of ether oxygens (including phenoxy) is 1. The minimum atomic E-state index is -1.24. The molecule has 0 radical (unpaired) electrons. The Morgan fingerprint density at radius 3 is 2.68 bits per heavy atom. The topological polar surface area (TPSA) is 164 Å². The first-order valence-electron chi connectivity index (χ1n) is 6.44. The average Bonchev–Trinajstić information content (AvgIpc) is 2.95. The highest BCUT2D eigenvalue weighted by Gasteiger charge is 2.45. The number of aliphatic hydroxyl groups excluding tert-OH is 3. The number of aromatic amines is 1. The molecule has 1 saturated heterocycles. The quantitative estimate of drug-likeness (QED) is 0.415. The summed E-state index contributed by atoms with van der Waals surface area (Å²) in [5.74, 6) is -0.926. The normalized spacial score (nSPS) is 28.5. The molecule has 4 atom stereocenters. The van der Waals surface area contributed by atoms with Crippen molar-refractivity contribution in [2.24, 2.45) is 5.92 Å². The van der Waals surface area contributed by atoms with E-state index in [1.807, 2.05) is 0 Å². The maximum atomic E-state index is 12.2. The molecule has 11 heteroatoms. The summed E-state index contributed by atoms with van der Waals surface area (Å²) >= 11 is 0.650. The van der Waals surface area contributed by atoms with E-state index in [0.717, 1.165) is 4.57 Å². The van der Waals surface area contributed by atoms with Crippen LogP contribution in [0.5, 0.6) is 0 Å². The molecular formula is C11H14N4O6S. The van der Waals surface area contributed by atoms with E-state index in [0.29, 0.717) is 11.3 Å². The second-order valence-electron chi connectivity index (χ2n) is 4.93. The van der Waals surface area contributed by atoms with E-state index < -0.39 is 48.0 Å². The number of nitrogens with zero attached hydrogens (tertiary/aromatic N) is 2. The molecule has 2 aromatic heterocycles. The summed E-state index contributed by atoms with van der Waals surface area (Å²) in [5.41, 5.74) is 4.92. The molecule has 0 spiro atoms. The molecule has 1 aliphatic rings. The van der Waals surface area contributed by atoms with Crippen molar-refractivity contribution in [3.63, 3.8) is 0 Å². The number of anilines is 1. The van der Waals surface area contributed by atoms with E-state index >= 15 is 0 Å². The van der Waals surface area contributed by atoms with Gasteiger partial charge in [0.1, 0.15) is 10.8 Å². The number of nitrogens with two attached hydrogens (primary N) is 1. The van der Waals surface area contributed by atoms with Gasteiger partial charge < -0.3 is 25.8 Å². The second-order valence-corrected chi connectivity index (χ2v) is 5.89. The summed E-state index contributed by atoms with van der Waals surface area (Å²) < 4.78 is 6.54. The van der Waals surface area contributed by atoms with Crippen LogP contribution in [-0.4, -0.2) is 55.3 Å². The fraction of sp³-hybridized carbons (Fsp3) is 0.545. The van der Waals surface area contributed by atoms with Gasteiger partial charge in [-0.1, -0.05) is 11.3 Å². The van der Waals surface area contributed by atoms with Crippen LogP contribution < -0.4 is 16.2 Å². The summed E-state index contributed by atoms with van der Waals surface area (Å²) in [7, 11) is 0. The van der Waals surface area contributed by atoms with Crippen LogP contribution in [0.4, 0.5) is 5.95 Å². The molecule has 1 aliphatic heterocycles. The van der Waals surface area contributed by atoms with Crippen LogP contribution in [0, 0.1) is 5.92 Å². The minimum absolute atomic E-state index is 0.00409. The number of nitrogens with one attached hydrogen (secondary N) is 1. The minimum Gasteiger partial charge on any atom is -0.396 e. The SMILES string of the molecule is Nc1nc2c(sc(=O)n2[C@@H]2O[C@H](CO)[C@@H](CO)[C@H]2O)c(=O)[nH]1. The molecule has 1 fully saturated rings. The molecule has 10 nitrogen and oxygen atoms in total. The van der Waals surface area contributed by atoms with Gasteiger partial charge in [-0.2, -0.15) is 4.98 Å². The molecule has 3 rings (SSSR count). The monoisotopic (exact) mass is 330 g/mol. The Balaban J connectivity index is 2.17. The predicted octanol–water partition coefficient (Wildman–Crippen LogP) is -2.41. The van der Waals surface area contributed by atoms with Gasteiger partial charge in [0.15, 0.2) is 11.9 Å². The van der Waals surface area contributed by atoms with Crippen LogP contribution in [0.2, 0.25) is 0 Å². The first-order chi connectivity index (χ1) is 10.5. The first-order valence-corrected chi connectivity index (χ1v) is 7.25. The first kappa shape index (κ1) is 15.1. The van der Waals surface area contributed by atoms with E-state index in [-0.39, 0.29) is 16.3 Å². The third-order valence-electron chi connectivity index (χ3n) is 3.66. The number of nitrogen functional groups attached to an aromatic ring is 1. The van der Waals surface area contributed by atoms with Crippen LogP contribution in [0.15, 0.2) is 9.59 Å². The fourth-order valence-corrected chi connectivity index (χ4v) is 3.42. The van der Waals surface area contributed by atoms with Crippen molar-refractivity contribution in [3.8, 4) is 0 Å². The van der Waals surface area contributed by atoms with Gasteiger partial charge in [-0.15, -0.1) is 0 Å². The highest BCUT2D eigenvalue weighted by Crippen LogP contribution is 2.34. The molecule has 0 aliphatic carbocycles. The molecule has 120 valence electrons. The maximum Gasteiger partial charge on any atom is 0.311 e. The summed E-state index contributed by atoms with van der Waals surface area (Å²) in [6, 6.07) is 0. The molecular weight excluding hydrogens is 316 g/mol. The average molecular weight is 330 g/mol. The van der Waals surface area contributed by atoms with Gasteiger partial charge in [-0.05, 0) is 0 Å². The van der Waals surface area contributed by atoms with Gasteiger partial charge in [-0.25, -0.2) is 0 Å². The lowest BCUT2D eigenvalue weighted by Gasteiger charge is -2.17. The Bertz CT molecular complexity index is 813. The number of aliphatic hydroxyl groups is 3. The Labute approximate surface area is 126 Å². The smallest absolute Gasteiger partial charge is 0.311 e. The van der Waals surface area contributed by atoms with Crippen LogP contribution >= 0.6 is 11.3 Å². The Hall–Kier alpha value is -1.79. The second kappa shape index (κ2) is 5.44. The maximum absolute atomic E-state index is 12.2. The third kappa shape index (κ3) is 2.14. The summed E-state index contributed by atoms with van der Waals surface area (Å²) in [6.07, 6.45) is -3.23. The third-order valence-corrected chi connectivity index (χ3v) is 4.60. The van der Waals surface area contributed by atoms with Crippen LogP contribution in [-0.2, 0) is 4.74 Å². The highest BCUT2D eigenvalue weighted by molar-refractivity contribution is 7.16. The lowest BCUT2D eigenvalue weighted by molar-refractivity contribution is -0.0504. The zero-order valence-corrected chi connectivity index (χ0v) is 12.0. The Kier molecular flexibility index (Phi) is 3.74.